The molecule has 5 nitrogen and oxygen atoms in total. The number of nitrogens with one attached hydrogen (secondary N) is 1. The summed E-state index contributed by atoms with van der Waals surface area (Å²) in [6.45, 7) is 4.35. The van der Waals surface area contributed by atoms with Gasteiger partial charge in [0.25, 0.3) is 5.91 Å². The van der Waals surface area contributed by atoms with E-state index < -0.39 is 0 Å². The number of anilines is 1. The highest BCUT2D eigenvalue weighted by Gasteiger charge is 2.07. The Kier molecular flexibility index (Phi) is 9.40. The monoisotopic (exact) mass is 461 g/mol. The van der Waals surface area contributed by atoms with Crippen molar-refractivity contribution < 1.29 is 23.5 Å². The molecule has 0 aliphatic heterocycles. The van der Waals surface area contributed by atoms with Gasteiger partial charge in [0.05, 0.1) is 13.2 Å². The fraction of sp³-hybridized carbons (Fsp3) is 0.214. The topological polar surface area (TPSA) is 64.6 Å². The fourth-order valence-electron chi connectivity index (χ4n) is 3.27. The lowest BCUT2D eigenvalue weighted by atomic mass is 10.1. The molecule has 0 radical (unpaired) electrons. The highest BCUT2D eigenvalue weighted by atomic mass is 19.1. The van der Waals surface area contributed by atoms with Gasteiger partial charge in [-0.25, -0.2) is 9.18 Å². The molecule has 0 aliphatic carbocycles. The fourth-order valence-corrected chi connectivity index (χ4v) is 3.27. The number of esters is 1. The van der Waals surface area contributed by atoms with Crippen molar-refractivity contribution in [3.05, 3.63) is 96.8 Å². The van der Waals surface area contributed by atoms with Crippen molar-refractivity contribution in [2.75, 3.05) is 18.5 Å². The zero-order valence-electron chi connectivity index (χ0n) is 19.0. The maximum Gasteiger partial charge on any atom is 0.330 e. The number of amides is 1. The lowest BCUT2D eigenvalue weighted by Crippen LogP contribution is -2.11. The molecule has 3 aromatic carbocycles. The zero-order chi connectivity index (χ0) is 24.2. The molecular weight excluding hydrogens is 433 g/mol. The van der Waals surface area contributed by atoms with E-state index in [0.29, 0.717) is 30.2 Å². The first kappa shape index (κ1) is 24.7. The highest BCUT2D eigenvalue weighted by Crippen LogP contribution is 2.22. The minimum atomic E-state index is -0.389. The van der Waals surface area contributed by atoms with Crippen LogP contribution in [0, 0.1) is 5.82 Å². The van der Waals surface area contributed by atoms with E-state index >= 15 is 0 Å². The number of benzene rings is 3. The van der Waals surface area contributed by atoms with Gasteiger partial charge in [-0.05, 0) is 85.3 Å². The van der Waals surface area contributed by atoms with Crippen LogP contribution in [-0.4, -0.2) is 25.1 Å². The summed E-state index contributed by atoms with van der Waals surface area (Å²) in [4.78, 5) is 23.5. The summed E-state index contributed by atoms with van der Waals surface area (Å²) < 4.78 is 23.7. The van der Waals surface area contributed by atoms with Gasteiger partial charge < -0.3 is 14.8 Å². The Morgan fingerprint density at radius 3 is 2.00 bits per heavy atom. The minimum Gasteiger partial charge on any atom is -0.494 e. The SMILES string of the molecule is C=CC(=O)OCCCCCCOc1ccc(C(=O)Nc2ccc(-c3ccc(F)cc3)cc2)cc1. The Morgan fingerprint density at radius 1 is 0.794 bits per heavy atom. The molecule has 0 heterocycles. The summed E-state index contributed by atoms with van der Waals surface area (Å²) in [5.41, 5.74) is 3.05. The van der Waals surface area contributed by atoms with Gasteiger partial charge in [0.1, 0.15) is 11.6 Å². The Balaban J connectivity index is 1.38. The van der Waals surface area contributed by atoms with Gasteiger partial charge >= 0.3 is 5.97 Å². The van der Waals surface area contributed by atoms with Crippen LogP contribution in [0.15, 0.2) is 85.5 Å². The smallest absolute Gasteiger partial charge is 0.330 e. The first-order valence-corrected chi connectivity index (χ1v) is 11.2. The van der Waals surface area contributed by atoms with E-state index in [4.69, 9.17) is 9.47 Å². The van der Waals surface area contributed by atoms with Crippen LogP contribution >= 0.6 is 0 Å². The van der Waals surface area contributed by atoms with E-state index in [1.54, 1.807) is 36.4 Å². The predicted octanol–water partition coefficient (Wildman–Crippen LogP) is 6.41. The number of hydrogen-bond acceptors (Lipinski definition) is 4. The second kappa shape index (κ2) is 12.9. The lowest BCUT2D eigenvalue weighted by molar-refractivity contribution is -0.137. The average Bonchev–Trinajstić information content (AvgIpc) is 2.86. The Morgan fingerprint density at radius 2 is 1.38 bits per heavy atom. The van der Waals surface area contributed by atoms with Crippen molar-refractivity contribution in [2.24, 2.45) is 0 Å². The van der Waals surface area contributed by atoms with E-state index in [2.05, 4.69) is 11.9 Å². The van der Waals surface area contributed by atoms with Gasteiger partial charge in [0.2, 0.25) is 0 Å². The van der Waals surface area contributed by atoms with Crippen molar-refractivity contribution >= 4 is 17.6 Å². The normalized spacial score (nSPS) is 10.4. The lowest BCUT2D eigenvalue weighted by Gasteiger charge is -2.09. The molecule has 0 bridgehead atoms. The van der Waals surface area contributed by atoms with E-state index in [9.17, 15) is 14.0 Å². The number of unbranched alkanes of at least 4 members (excludes halogenated alkanes) is 3. The van der Waals surface area contributed by atoms with Gasteiger partial charge in [-0.1, -0.05) is 30.8 Å². The molecule has 0 unspecified atom stereocenters. The Hall–Kier alpha value is -3.93. The van der Waals surface area contributed by atoms with Crippen LogP contribution < -0.4 is 10.1 Å². The molecule has 0 fully saturated rings. The second-order valence-corrected chi connectivity index (χ2v) is 7.70. The zero-order valence-corrected chi connectivity index (χ0v) is 19.0. The molecule has 0 saturated carbocycles. The maximum atomic E-state index is 13.1. The molecular formula is C28H28FNO4. The summed E-state index contributed by atoms with van der Waals surface area (Å²) in [5.74, 6) is -0.164. The molecule has 6 heteroatoms. The molecule has 0 aliphatic rings. The predicted molar refractivity (Wildman–Crippen MR) is 131 cm³/mol. The Bertz CT molecular complexity index is 1080. The largest absolute Gasteiger partial charge is 0.494 e. The summed E-state index contributed by atoms with van der Waals surface area (Å²) >= 11 is 0. The third-order valence-corrected chi connectivity index (χ3v) is 5.16. The highest BCUT2D eigenvalue weighted by molar-refractivity contribution is 6.04. The number of carbonyl (C=O) groups is 2. The van der Waals surface area contributed by atoms with Crippen molar-refractivity contribution in [3.8, 4) is 16.9 Å². The second-order valence-electron chi connectivity index (χ2n) is 7.70. The molecule has 34 heavy (non-hydrogen) atoms. The summed E-state index contributed by atoms with van der Waals surface area (Å²) in [5, 5.41) is 2.88. The van der Waals surface area contributed by atoms with Crippen molar-refractivity contribution in [1.29, 1.82) is 0 Å². The van der Waals surface area contributed by atoms with Gasteiger partial charge in [0.15, 0.2) is 0 Å². The molecule has 1 N–H and O–H groups in total. The minimum absolute atomic E-state index is 0.210. The van der Waals surface area contributed by atoms with E-state index in [1.165, 1.54) is 12.1 Å². The number of ether oxygens (including phenoxy) is 2. The van der Waals surface area contributed by atoms with E-state index in [1.807, 2.05) is 24.3 Å². The van der Waals surface area contributed by atoms with Crippen LogP contribution in [0.2, 0.25) is 0 Å². The number of carbonyl (C=O) groups excluding carboxylic acids is 2. The van der Waals surface area contributed by atoms with Crippen LogP contribution in [0.5, 0.6) is 5.75 Å². The van der Waals surface area contributed by atoms with Crippen LogP contribution in [0.4, 0.5) is 10.1 Å². The Labute approximate surface area is 199 Å². The molecule has 0 atom stereocenters. The standard InChI is InChI=1S/C28H28FNO4/c1-2-27(31)34-20-6-4-3-5-19-33-26-17-11-23(12-18-26)28(32)30-25-15-9-22(10-16-25)21-7-13-24(29)14-8-21/h2,7-18H,1,3-6,19-20H2,(H,30,32). The van der Waals surface area contributed by atoms with Crippen molar-refractivity contribution in [2.45, 2.75) is 25.7 Å². The number of hydrogen-bond donors (Lipinski definition) is 1. The molecule has 3 rings (SSSR count). The quantitative estimate of drug-likeness (QED) is 0.192. The first-order valence-electron chi connectivity index (χ1n) is 11.2. The third-order valence-electron chi connectivity index (χ3n) is 5.16. The van der Waals surface area contributed by atoms with Crippen LogP contribution in [0.3, 0.4) is 0 Å². The molecule has 0 aromatic heterocycles. The van der Waals surface area contributed by atoms with Crippen LogP contribution in [0.25, 0.3) is 11.1 Å². The first-order chi connectivity index (χ1) is 16.5. The van der Waals surface area contributed by atoms with Crippen LogP contribution in [0.1, 0.15) is 36.0 Å². The average molecular weight is 462 g/mol. The summed E-state index contributed by atoms with van der Waals surface area (Å²) in [7, 11) is 0. The molecule has 176 valence electrons. The summed E-state index contributed by atoms with van der Waals surface area (Å²) in [6.07, 6.45) is 4.81. The van der Waals surface area contributed by atoms with Crippen LogP contribution in [-0.2, 0) is 9.53 Å². The molecule has 0 saturated heterocycles. The maximum absolute atomic E-state index is 13.1. The van der Waals surface area contributed by atoms with E-state index in [-0.39, 0.29) is 17.7 Å². The number of rotatable bonds is 12. The van der Waals surface area contributed by atoms with Crippen molar-refractivity contribution in [3.63, 3.8) is 0 Å². The van der Waals surface area contributed by atoms with Gasteiger partial charge in [0, 0.05) is 17.3 Å². The summed E-state index contributed by atoms with van der Waals surface area (Å²) in [6, 6.07) is 20.7. The van der Waals surface area contributed by atoms with Gasteiger partial charge in [-0.3, -0.25) is 4.79 Å². The van der Waals surface area contributed by atoms with E-state index in [0.717, 1.165) is 42.9 Å². The molecule has 0 spiro atoms. The molecule has 1 amide bonds. The molecule has 3 aromatic rings. The van der Waals surface area contributed by atoms with Crippen molar-refractivity contribution in [1.82, 2.24) is 0 Å². The number of halogens is 1. The van der Waals surface area contributed by atoms with Gasteiger partial charge in [-0.15, -0.1) is 0 Å². The van der Waals surface area contributed by atoms with Gasteiger partial charge in [-0.2, -0.15) is 0 Å². The third kappa shape index (κ3) is 7.89.